The summed E-state index contributed by atoms with van der Waals surface area (Å²) in [7, 11) is 0. The van der Waals surface area contributed by atoms with E-state index >= 15 is 0 Å². The Morgan fingerprint density at radius 3 is 2.89 bits per heavy atom. The lowest BCUT2D eigenvalue weighted by Gasteiger charge is -2.08. The van der Waals surface area contributed by atoms with E-state index in [9.17, 15) is 4.79 Å². The molecule has 1 aromatic heterocycles. The van der Waals surface area contributed by atoms with Crippen molar-refractivity contribution in [1.82, 2.24) is 5.32 Å². The molecule has 1 aliphatic rings. The van der Waals surface area contributed by atoms with Crippen LogP contribution in [0.4, 0.5) is 0 Å². The zero-order valence-electron chi connectivity index (χ0n) is 10.6. The normalized spacial score (nSPS) is 14.3. The van der Waals surface area contributed by atoms with Crippen LogP contribution in [0.2, 0.25) is 0 Å². The number of unbranched alkanes of at least 4 members (excludes halogenated alkanes) is 2. The average molecular weight is 377 g/mol. The Bertz CT molecular complexity index is 379. The van der Waals surface area contributed by atoms with Crippen LogP contribution in [-0.2, 0) is 12.8 Å². The standard InChI is InChI=1S/C14H20INOS/c15-8-4-1-5-9-16-14(17)13-10-11-6-2-3-7-12(11)18-13/h10H,1-9H2,(H,16,17). The number of halogens is 1. The first-order valence-corrected chi connectivity index (χ1v) is 9.11. The Kier molecular flexibility index (Phi) is 5.95. The number of thiophene rings is 1. The van der Waals surface area contributed by atoms with Crippen molar-refractivity contribution in [1.29, 1.82) is 0 Å². The molecule has 0 spiro atoms. The molecule has 1 N–H and O–H groups in total. The number of hydrogen-bond acceptors (Lipinski definition) is 2. The van der Waals surface area contributed by atoms with Crippen LogP contribution in [0.25, 0.3) is 0 Å². The molecule has 0 bridgehead atoms. The van der Waals surface area contributed by atoms with Gasteiger partial charge >= 0.3 is 0 Å². The highest BCUT2D eigenvalue weighted by atomic mass is 127. The SMILES string of the molecule is O=C(NCCCCCI)c1cc2c(s1)CCCC2. The van der Waals surface area contributed by atoms with E-state index in [2.05, 4.69) is 34.0 Å². The third-order valence-electron chi connectivity index (χ3n) is 3.32. The molecule has 0 aromatic carbocycles. The molecule has 0 radical (unpaired) electrons. The molecular weight excluding hydrogens is 357 g/mol. The first-order valence-electron chi connectivity index (χ1n) is 6.77. The zero-order valence-corrected chi connectivity index (χ0v) is 13.6. The van der Waals surface area contributed by atoms with E-state index in [4.69, 9.17) is 0 Å². The predicted octanol–water partition coefficient (Wildman–Crippen LogP) is 3.96. The van der Waals surface area contributed by atoms with E-state index in [1.165, 1.54) is 47.0 Å². The molecule has 1 aliphatic carbocycles. The van der Waals surface area contributed by atoms with Crippen molar-refractivity contribution >= 4 is 39.8 Å². The molecule has 1 aromatic rings. The number of rotatable bonds is 6. The third kappa shape index (κ3) is 3.95. The summed E-state index contributed by atoms with van der Waals surface area (Å²) in [6.45, 7) is 0.817. The van der Waals surface area contributed by atoms with Crippen molar-refractivity contribution in [3.05, 3.63) is 21.4 Å². The Morgan fingerprint density at radius 1 is 1.28 bits per heavy atom. The molecule has 2 nitrogen and oxygen atoms in total. The minimum Gasteiger partial charge on any atom is -0.351 e. The van der Waals surface area contributed by atoms with Gasteiger partial charge in [0, 0.05) is 11.4 Å². The fourth-order valence-corrected chi connectivity index (χ4v) is 4.00. The number of carbonyl (C=O) groups excluding carboxylic acids is 1. The van der Waals surface area contributed by atoms with Crippen molar-refractivity contribution in [2.24, 2.45) is 0 Å². The van der Waals surface area contributed by atoms with Gasteiger partial charge in [-0.15, -0.1) is 11.3 Å². The lowest BCUT2D eigenvalue weighted by atomic mass is 9.99. The second-order valence-electron chi connectivity index (χ2n) is 4.77. The van der Waals surface area contributed by atoms with Crippen molar-refractivity contribution in [2.75, 3.05) is 11.0 Å². The molecule has 100 valence electrons. The van der Waals surface area contributed by atoms with Crippen molar-refractivity contribution < 1.29 is 4.79 Å². The predicted molar refractivity (Wildman–Crippen MR) is 86.0 cm³/mol. The number of alkyl halides is 1. The van der Waals surface area contributed by atoms with Gasteiger partial charge in [0.05, 0.1) is 4.88 Å². The maximum atomic E-state index is 12.0. The fourth-order valence-electron chi connectivity index (χ4n) is 2.29. The van der Waals surface area contributed by atoms with Gasteiger partial charge in [-0.2, -0.15) is 0 Å². The molecule has 0 unspecified atom stereocenters. The van der Waals surface area contributed by atoms with Gasteiger partial charge in [-0.3, -0.25) is 4.79 Å². The highest BCUT2D eigenvalue weighted by Gasteiger charge is 2.16. The van der Waals surface area contributed by atoms with E-state index in [1.54, 1.807) is 11.3 Å². The largest absolute Gasteiger partial charge is 0.351 e. The summed E-state index contributed by atoms with van der Waals surface area (Å²) < 4.78 is 1.21. The maximum Gasteiger partial charge on any atom is 0.261 e. The first-order chi connectivity index (χ1) is 8.81. The molecular formula is C14H20INOS. The highest BCUT2D eigenvalue weighted by molar-refractivity contribution is 14.1. The van der Waals surface area contributed by atoms with E-state index in [-0.39, 0.29) is 5.91 Å². The molecule has 1 heterocycles. The minimum atomic E-state index is 0.129. The third-order valence-corrected chi connectivity index (χ3v) is 5.32. The highest BCUT2D eigenvalue weighted by Crippen LogP contribution is 2.29. The average Bonchev–Trinajstić information content (AvgIpc) is 2.82. The van der Waals surface area contributed by atoms with Crippen LogP contribution in [0.1, 0.15) is 52.2 Å². The lowest BCUT2D eigenvalue weighted by Crippen LogP contribution is -2.23. The van der Waals surface area contributed by atoms with Gasteiger partial charge in [-0.1, -0.05) is 29.0 Å². The molecule has 4 heteroatoms. The summed E-state index contributed by atoms with van der Waals surface area (Å²) in [6, 6.07) is 2.11. The van der Waals surface area contributed by atoms with Crippen LogP contribution in [0.5, 0.6) is 0 Å². The Labute approximate surface area is 127 Å². The monoisotopic (exact) mass is 377 g/mol. The van der Waals surface area contributed by atoms with E-state index in [0.29, 0.717) is 0 Å². The summed E-state index contributed by atoms with van der Waals surface area (Å²) in [5, 5.41) is 3.04. The van der Waals surface area contributed by atoms with Gasteiger partial charge in [0.15, 0.2) is 0 Å². The molecule has 0 atom stereocenters. The van der Waals surface area contributed by atoms with E-state index in [1.807, 2.05) is 0 Å². The molecule has 0 aliphatic heterocycles. The number of nitrogens with one attached hydrogen (secondary N) is 1. The number of hydrogen-bond donors (Lipinski definition) is 1. The number of amides is 1. The maximum absolute atomic E-state index is 12.0. The number of aryl methyl sites for hydroxylation is 2. The zero-order chi connectivity index (χ0) is 12.8. The van der Waals surface area contributed by atoms with Gasteiger partial charge in [0.2, 0.25) is 0 Å². The van der Waals surface area contributed by atoms with Gasteiger partial charge in [-0.25, -0.2) is 0 Å². The fraction of sp³-hybridized carbons (Fsp3) is 0.643. The van der Waals surface area contributed by atoms with Crippen LogP contribution in [0, 0.1) is 0 Å². The van der Waals surface area contributed by atoms with Gasteiger partial charge in [-0.05, 0) is 54.6 Å². The summed E-state index contributed by atoms with van der Waals surface area (Å²) in [4.78, 5) is 14.3. The Hall–Kier alpha value is -0.100. The van der Waals surface area contributed by atoms with Crippen LogP contribution in [-0.4, -0.2) is 16.9 Å². The topological polar surface area (TPSA) is 29.1 Å². The van der Waals surface area contributed by atoms with Gasteiger partial charge in [0.1, 0.15) is 0 Å². The smallest absolute Gasteiger partial charge is 0.261 e. The summed E-state index contributed by atoms with van der Waals surface area (Å²) in [5.74, 6) is 0.129. The number of fused-ring (bicyclic) bond motifs is 1. The molecule has 0 saturated heterocycles. The Balaban J connectivity index is 1.80. The second-order valence-corrected chi connectivity index (χ2v) is 6.99. The van der Waals surface area contributed by atoms with Gasteiger partial charge in [0.25, 0.3) is 5.91 Å². The van der Waals surface area contributed by atoms with Crippen LogP contribution in [0.3, 0.4) is 0 Å². The van der Waals surface area contributed by atoms with E-state index in [0.717, 1.165) is 24.3 Å². The van der Waals surface area contributed by atoms with Crippen LogP contribution >= 0.6 is 33.9 Å². The lowest BCUT2D eigenvalue weighted by molar-refractivity contribution is 0.0957. The van der Waals surface area contributed by atoms with E-state index < -0.39 is 0 Å². The van der Waals surface area contributed by atoms with Crippen molar-refractivity contribution in [3.63, 3.8) is 0 Å². The van der Waals surface area contributed by atoms with Gasteiger partial charge < -0.3 is 5.32 Å². The minimum absolute atomic E-state index is 0.129. The van der Waals surface area contributed by atoms with Crippen molar-refractivity contribution in [3.8, 4) is 0 Å². The molecule has 1 amide bonds. The second kappa shape index (κ2) is 7.48. The quantitative estimate of drug-likeness (QED) is 0.454. The molecule has 0 fully saturated rings. The van der Waals surface area contributed by atoms with Crippen LogP contribution in [0.15, 0.2) is 6.07 Å². The summed E-state index contributed by atoms with van der Waals surface area (Å²) in [6.07, 6.45) is 8.46. The Morgan fingerprint density at radius 2 is 2.11 bits per heavy atom. The summed E-state index contributed by atoms with van der Waals surface area (Å²) in [5.41, 5.74) is 1.42. The van der Waals surface area contributed by atoms with Crippen LogP contribution < -0.4 is 5.32 Å². The van der Waals surface area contributed by atoms with Crippen molar-refractivity contribution in [2.45, 2.75) is 44.9 Å². The summed E-state index contributed by atoms with van der Waals surface area (Å²) >= 11 is 4.10. The number of carbonyl (C=O) groups is 1. The molecule has 18 heavy (non-hydrogen) atoms. The first kappa shape index (κ1) is 14.3. The molecule has 0 saturated carbocycles. The molecule has 2 rings (SSSR count).